The molecule has 2 N–H and O–H groups in total. The third-order valence-electron chi connectivity index (χ3n) is 4.56. The van der Waals surface area contributed by atoms with Crippen LogP contribution in [0.25, 0.3) is 0 Å². The number of hydrogen-bond acceptors (Lipinski definition) is 3. The van der Waals surface area contributed by atoms with Crippen molar-refractivity contribution in [3.63, 3.8) is 0 Å². The number of alkyl carbamates (subject to hydrolysis) is 1. The molecule has 0 radical (unpaired) electrons. The third-order valence-corrected chi connectivity index (χ3v) is 7.89. The molecule has 4 atom stereocenters. The molecule has 1 saturated carbocycles. The molecule has 1 aliphatic carbocycles. The summed E-state index contributed by atoms with van der Waals surface area (Å²) in [6.45, 7) is 7.41. The zero-order chi connectivity index (χ0) is 17.1. The molecule has 5 nitrogen and oxygen atoms in total. The maximum Gasteiger partial charge on any atom is 0.408 e. The number of nitrogens with one attached hydrogen (secondary N) is 1. The van der Waals surface area contributed by atoms with Crippen molar-refractivity contribution in [2.24, 2.45) is 5.92 Å². The second-order valence-corrected chi connectivity index (χ2v) is 8.96. The summed E-state index contributed by atoms with van der Waals surface area (Å²) in [4.78, 5) is 22.6. The van der Waals surface area contributed by atoms with Crippen LogP contribution in [0.2, 0.25) is 0 Å². The minimum absolute atomic E-state index is 0.126. The van der Waals surface area contributed by atoms with Crippen molar-refractivity contribution in [1.29, 1.82) is 0 Å². The molecule has 0 heterocycles. The Bertz CT molecular complexity index is 618. The summed E-state index contributed by atoms with van der Waals surface area (Å²) in [5, 5.41) is 1.52. The minimum atomic E-state index is -3.58. The molecule has 1 fully saturated rings. The maximum atomic E-state index is 12.8. The first-order valence-electron chi connectivity index (χ1n) is 7.81. The highest BCUT2D eigenvalue weighted by molar-refractivity contribution is 7.60. The van der Waals surface area contributed by atoms with Crippen molar-refractivity contribution in [3.05, 3.63) is 48.6 Å². The van der Waals surface area contributed by atoms with E-state index < -0.39 is 18.7 Å². The molecule has 0 spiro atoms. The molecular weight excluding hydrogens is 313 g/mol. The van der Waals surface area contributed by atoms with E-state index in [2.05, 4.69) is 11.9 Å². The van der Waals surface area contributed by atoms with Crippen LogP contribution in [-0.2, 0) is 15.9 Å². The van der Waals surface area contributed by atoms with E-state index in [1.165, 1.54) is 0 Å². The topological polar surface area (TPSA) is 75.6 Å². The lowest BCUT2D eigenvalue weighted by Gasteiger charge is -2.28. The van der Waals surface area contributed by atoms with Crippen LogP contribution in [0.15, 0.2) is 43.0 Å². The van der Waals surface area contributed by atoms with E-state index >= 15 is 0 Å². The van der Waals surface area contributed by atoms with Gasteiger partial charge in [0.1, 0.15) is 11.9 Å². The van der Waals surface area contributed by atoms with Gasteiger partial charge in [-0.1, -0.05) is 50.3 Å². The molecule has 1 aromatic rings. The largest absolute Gasteiger partial charge is 0.445 e. The Hall–Kier alpha value is -1.58. The summed E-state index contributed by atoms with van der Waals surface area (Å²) in [5.74, 6) is -0.198. The van der Waals surface area contributed by atoms with Crippen molar-refractivity contribution >= 4 is 13.5 Å². The number of carbonyl (C=O) groups excluding carboxylic acids is 1. The van der Waals surface area contributed by atoms with Crippen LogP contribution in [-0.4, -0.2) is 21.9 Å². The molecule has 1 aliphatic rings. The van der Waals surface area contributed by atoms with Gasteiger partial charge in [0.15, 0.2) is 0 Å². The van der Waals surface area contributed by atoms with Crippen LogP contribution >= 0.6 is 7.37 Å². The lowest BCUT2D eigenvalue weighted by atomic mass is 10.2. The Kier molecular flexibility index (Phi) is 5.33. The molecule has 0 bridgehead atoms. The summed E-state index contributed by atoms with van der Waals surface area (Å²) >= 11 is 0. The standard InChI is InChI=1S/C17H24NO4P/c1-4-13(3)23(20,21)17(11-15(17)5-2)18-16(19)22-12-14-9-7-6-8-10-14/h5-10,13,15H,2,4,11-12H2,1,3H3,(H,18,19)(H,20,21). The Labute approximate surface area is 137 Å². The van der Waals surface area contributed by atoms with Gasteiger partial charge in [-0.15, -0.1) is 6.58 Å². The summed E-state index contributed by atoms with van der Waals surface area (Å²) in [6.07, 6.45) is 1.95. The summed E-state index contributed by atoms with van der Waals surface area (Å²) in [6, 6.07) is 9.30. The van der Waals surface area contributed by atoms with Gasteiger partial charge < -0.3 is 14.9 Å². The van der Waals surface area contributed by atoms with Gasteiger partial charge in [-0.25, -0.2) is 4.79 Å². The van der Waals surface area contributed by atoms with Gasteiger partial charge in [0.25, 0.3) is 0 Å². The number of benzene rings is 1. The monoisotopic (exact) mass is 337 g/mol. The van der Waals surface area contributed by atoms with Crippen LogP contribution in [0, 0.1) is 5.92 Å². The van der Waals surface area contributed by atoms with Crippen LogP contribution in [0.3, 0.4) is 0 Å². The average molecular weight is 337 g/mol. The van der Waals surface area contributed by atoms with E-state index in [9.17, 15) is 14.3 Å². The van der Waals surface area contributed by atoms with Crippen molar-refractivity contribution in [2.75, 3.05) is 0 Å². The second kappa shape index (κ2) is 6.90. The normalized spacial score (nSPS) is 26.7. The smallest absolute Gasteiger partial charge is 0.408 e. The molecule has 1 amide bonds. The van der Waals surface area contributed by atoms with E-state index in [-0.39, 0.29) is 18.2 Å². The average Bonchev–Trinajstić information content (AvgIpc) is 3.28. The van der Waals surface area contributed by atoms with Crippen molar-refractivity contribution in [3.8, 4) is 0 Å². The Balaban J connectivity index is 2.04. The third kappa shape index (κ3) is 3.51. The minimum Gasteiger partial charge on any atom is -0.445 e. The molecule has 126 valence electrons. The molecular formula is C17H24NO4P. The lowest BCUT2D eigenvalue weighted by Crippen LogP contribution is -2.40. The van der Waals surface area contributed by atoms with Crippen molar-refractivity contribution < 1.29 is 19.0 Å². The van der Waals surface area contributed by atoms with Crippen LogP contribution in [0.5, 0.6) is 0 Å². The van der Waals surface area contributed by atoms with Gasteiger partial charge in [-0.3, -0.25) is 4.57 Å². The summed E-state index contributed by atoms with van der Waals surface area (Å²) < 4.78 is 18.0. The fourth-order valence-corrected chi connectivity index (χ4v) is 5.30. The van der Waals surface area contributed by atoms with Gasteiger partial charge >= 0.3 is 6.09 Å². The number of amides is 1. The van der Waals surface area contributed by atoms with Gasteiger partial charge in [0.2, 0.25) is 7.37 Å². The molecule has 1 aromatic carbocycles. The molecule has 6 heteroatoms. The predicted molar refractivity (Wildman–Crippen MR) is 90.4 cm³/mol. The zero-order valence-electron chi connectivity index (χ0n) is 13.6. The zero-order valence-corrected chi connectivity index (χ0v) is 14.5. The first kappa shape index (κ1) is 17.8. The molecule has 0 saturated heterocycles. The number of rotatable bonds is 7. The summed E-state index contributed by atoms with van der Waals surface area (Å²) in [7, 11) is -3.58. The predicted octanol–water partition coefficient (Wildman–Crippen LogP) is 3.88. The Morgan fingerprint density at radius 2 is 2.22 bits per heavy atom. The van der Waals surface area contributed by atoms with Crippen molar-refractivity contribution in [2.45, 2.75) is 44.2 Å². The highest BCUT2D eigenvalue weighted by atomic mass is 31.2. The Morgan fingerprint density at radius 1 is 1.57 bits per heavy atom. The molecule has 4 unspecified atom stereocenters. The highest BCUT2D eigenvalue weighted by Gasteiger charge is 2.66. The first-order valence-corrected chi connectivity index (χ1v) is 9.54. The molecule has 23 heavy (non-hydrogen) atoms. The van der Waals surface area contributed by atoms with E-state index in [1.807, 2.05) is 37.3 Å². The van der Waals surface area contributed by atoms with Crippen LogP contribution in [0.4, 0.5) is 4.79 Å². The number of hydrogen-bond donors (Lipinski definition) is 2. The van der Waals surface area contributed by atoms with Crippen LogP contribution in [0.1, 0.15) is 32.3 Å². The highest BCUT2D eigenvalue weighted by Crippen LogP contribution is 2.72. The van der Waals surface area contributed by atoms with Gasteiger partial charge in [-0.05, 0) is 18.4 Å². The Morgan fingerprint density at radius 3 is 2.74 bits per heavy atom. The molecule has 0 aromatic heterocycles. The van der Waals surface area contributed by atoms with Gasteiger partial charge in [0.05, 0.1) is 0 Å². The lowest BCUT2D eigenvalue weighted by molar-refractivity contribution is 0.136. The first-order chi connectivity index (χ1) is 10.9. The maximum absolute atomic E-state index is 12.8. The van der Waals surface area contributed by atoms with E-state index in [0.717, 1.165) is 5.56 Å². The van der Waals surface area contributed by atoms with Gasteiger partial charge in [-0.2, -0.15) is 0 Å². The second-order valence-electron chi connectivity index (χ2n) is 6.04. The molecule has 0 aliphatic heterocycles. The fraction of sp³-hybridized carbons (Fsp3) is 0.471. The van der Waals surface area contributed by atoms with Gasteiger partial charge in [0, 0.05) is 11.6 Å². The van der Waals surface area contributed by atoms with E-state index in [0.29, 0.717) is 12.8 Å². The van der Waals surface area contributed by atoms with Crippen LogP contribution < -0.4 is 5.32 Å². The molecule has 2 rings (SSSR count). The van der Waals surface area contributed by atoms with Crippen molar-refractivity contribution in [1.82, 2.24) is 5.32 Å². The fourth-order valence-electron chi connectivity index (χ4n) is 2.72. The quantitative estimate of drug-likeness (QED) is 0.585. The van der Waals surface area contributed by atoms with E-state index in [4.69, 9.17) is 4.74 Å². The number of ether oxygens (including phenoxy) is 1. The van der Waals surface area contributed by atoms with E-state index in [1.54, 1.807) is 13.0 Å². The summed E-state index contributed by atoms with van der Waals surface area (Å²) in [5.41, 5.74) is 0.476. The number of carbonyl (C=O) groups is 1. The SMILES string of the molecule is C=CC1CC1(NC(=O)OCc1ccccc1)P(=O)(O)C(C)CC.